The third-order valence-electron chi connectivity index (χ3n) is 16.3. The van der Waals surface area contributed by atoms with Crippen molar-refractivity contribution in [3.8, 4) is 0 Å². The second kappa shape index (κ2) is 15.7. The molecule has 290 valence electrons. The van der Waals surface area contributed by atoms with Gasteiger partial charge < -0.3 is 21.1 Å². The first-order chi connectivity index (χ1) is 24.0. The van der Waals surface area contributed by atoms with Crippen molar-refractivity contribution in [2.24, 2.45) is 62.4 Å². The first-order valence-corrected chi connectivity index (χ1v) is 21.5. The molecule has 8 nitrogen and oxygen atoms in total. The summed E-state index contributed by atoms with van der Waals surface area (Å²) in [5, 5.41) is 30.3. The molecule has 9 heteroatoms. The number of carboxylic acids is 1. The molecule has 10 atom stereocenters. The maximum Gasteiger partial charge on any atom is 0.312 e. The Morgan fingerprint density at radius 2 is 1.55 bits per heavy atom. The maximum atomic E-state index is 15.2. The van der Waals surface area contributed by atoms with Gasteiger partial charge >= 0.3 is 5.97 Å². The Hall–Kier alpha value is -1.42. The SMILES string of the molecule is C=C(CSCCO)[C@@H]1CC[C@]2(C(=O)N(CCCCCCCN)C(=O)CC(=O)O)CC[C@]3(C)[C@H](CCC4[C@@]5(C)CC[C@H](O)C(C)(C)[C@@H]5CC[C@]43C)[C@@H]12. The fourth-order valence-corrected chi connectivity index (χ4v) is 14.3. The van der Waals surface area contributed by atoms with E-state index in [1.807, 2.05) is 0 Å². The summed E-state index contributed by atoms with van der Waals surface area (Å²) in [6.45, 7) is 17.9. The van der Waals surface area contributed by atoms with Crippen molar-refractivity contribution in [1.82, 2.24) is 4.90 Å². The van der Waals surface area contributed by atoms with Gasteiger partial charge in [-0.2, -0.15) is 11.8 Å². The fourth-order valence-electron chi connectivity index (χ4n) is 13.6. The van der Waals surface area contributed by atoms with E-state index < -0.39 is 23.7 Å². The molecule has 5 rings (SSSR count). The molecular formula is C42H70N2O6S. The Kier molecular flexibility index (Phi) is 12.6. The first-order valence-electron chi connectivity index (χ1n) is 20.4. The van der Waals surface area contributed by atoms with Crippen molar-refractivity contribution in [1.29, 1.82) is 0 Å². The Balaban J connectivity index is 1.50. The molecule has 5 N–H and O–H groups in total. The molecule has 5 fully saturated rings. The average molecular weight is 731 g/mol. The highest BCUT2D eigenvalue weighted by molar-refractivity contribution is 7.99. The van der Waals surface area contributed by atoms with Crippen molar-refractivity contribution in [2.75, 3.05) is 31.2 Å². The smallest absolute Gasteiger partial charge is 0.312 e. The molecule has 2 amide bonds. The number of carbonyl (C=O) groups excluding carboxylic acids is 2. The average Bonchev–Trinajstić information content (AvgIpc) is 3.47. The van der Waals surface area contributed by atoms with Gasteiger partial charge in [0.05, 0.1) is 18.1 Å². The van der Waals surface area contributed by atoms with Gasteiger partial charge in [-0.15, -0.1) is 0 Å². The van der Waals surface area contributed by atoms with Gasteiger partial charge in [0.15, 0.2) is 0 Å². The quantitative estimate of drug-likeness (QED) is 0.0774. The van der Waals surface area contributed by atoms with Gasteiger partial charge in [-0.3, -0.25) is 19.3 Å². The highest BCUT2D eigenvalue weighted by Crippen LogP contribution is 2.77. The van der Waals surface area contributed by atoms with Crippen LogP contribution in [0.15, 0.2) is 12.2 Å². The predicted octanol–water partition coefficient (Wildman–Crippen LogP) is 7.45. The normalized spacial score (nSPS) is 39.6. The summed E-state index contributed by atoms with van der Waals surface area (Å²) in [4.78, 5) is 42.0. The van der Waals surface area contributed by atoms with Crippen LogP contribution < -0.4 is 5.73 Å². The lowest BCUT2D eigenvalue weighted by Gasteiger charge is -2.73. The van der Waals surface area contributed by atoms with Crippen LogP contribution in [0, 0.1) is 56.7 Å². The summed E-state index contributed by atoms with van der Waals surface area (Å²) >= 11 is 1.70. The minimum atomic E-state index is -1.20. The number of amides is 2. The zero-order valence-electron chi connectivity index (χ0n) is 32.5. The summed E-state index contributed by atoms with van der Waals surface area (Å²) in [7, 11) is 0. The van der Waals surface area contributed by atoms with E-state index in [0.717, 1.165) is 94.8 Å². The standard InChI is InChI=1S/C42H70N2O6S/c1-28(27-51-25-24-45)29-14-19-42(37(50)44(34(47)26-35(48)49)23-11-9-7-8-10-22-43)21-20-40(5)30(36(29)42)12-13-32-39(4)17-16-33(46)38(2,3)31(39)15-18-41(32,40)6/h29-33,36,45-46H,1,7-27,43H2,2-6H3,(H,48,49)/t29-,30+,31-,32?,33-,36+,39-,40+,41+,42-/m0/s1. The number of imide groups is 1. The number of hydrogen-bond donors (Lipinski definition) is 4. The largest absolute Gasteiger partial charge is 0.481 e. The maximum absolute atomic E-state index is 15.2. The molecule has 0 aromatic rings. The van der Waals surface area contributed by atoms with E-state index >= 15 is 4.79 Å². The topological polar surface area (TPSA) is 141 Å². The van der Waals surface area contributed by atoms with Crippen LogP contribution >= 0.6 is 11.8 Å². The van der Waals surface area contributed by atoms with E-state index in [-0.39, 0.29) is 58.7 Å². The Labute approximate surface area is 312 Å². The van der Waals surface area contributed by atoms with E-state index in [1.165, 1.54) is 4.90 Å². The van der Waals surface area contributed by atoms with E-state index in [0.29, 0.717) is 42.9 Å². The van der Waals surface area contributed by atoms with Crippen molar-refractivity contribution in [3.63, 3.8) is 0 Å². The number of aliphatic hydroxyl groups excluding tert-OH is 2. The van der Waals surface area contributed by atoms with Gasteiger partial charge in [0.2, 0.25) is 11.8 Å². The predicted molar refractivity (Wildman–Crippen MR) is 205 cm³/mol. The van der Waals surface area contributed by atoms with Gasteiger partial charge in [-0.25, -0.2) is 0 Å². The summed E-state index contributed by atoms with van der Waals surface area (Å²) < 4.78 is 0. The number of unbranched alkanes of at least 4 members (excludes halogenated alkanes) is 4. The molecular weight excluding hydrogens is 661 g/mol. The molecule has 0 aromatic carbocycles. The van der Waals surface area contributed by atoms with Crippen LogP contribution in [0.1, 0.15) is 137 Å². The van der Waals surface area contributed by atoms with Crippen LogP contribution in [-0.4, -0.2) is 75.3 Å². The van der Waals surface area contributed by atoms with Crippen LogP contribution in [0.4, 0.5) is 0 Å². The van der Waals surface area contributed by atoms with E-state index in [9.17, 15) is 24.9 Å². The number of carbonyl (C=O) groups is 3. The lowest BCUT2D eigenvalue weighted by Crippen LogP contribution is -2.67. The number of hydrogen-bond acceptors (Lipinski definition) is 7. The van der Waals surface area contributed by atoms with Crippen molar-refractivity contribution in [2.45, 2.75) is 143 Å². The Morgan fingerprint density at radius 3 is 2.24 bits per heavy atom. The third-order valence-corrected chi connectivity index (χ3v) is 17.4. The summed E-state index contributed by atoms with van der Waals surface area (Å²) in [6, 6.07) is 0. The zero-order chi connectivity index (χ0) is 37.4. The summed E-state index contributed by atoms with van der Waals surface area (Å²) in [6.07, 6.45) is 13.1. The molecule has 0 aromatic heterocycles. The zero-order valence-corrected chi connectivity index (χ0v) is 33.3. The molecule has 51 heavy (non-hydrogen) atoms. The number of nitrogens with two attached hydrogens (primary N) is 1. The molecule has 5 aliphatic carbocycles. The van der Waals surface area contributed by atoms with Crippen molar-refractivity contribution < 1.29 is 29.7 Å². The fraction of sp³-hybridized carbons (Fsp3) is 0.881. The second-order valence-corrected chi connectivity index (χ2v) is 19.9. The van der Waals surface area contributed by atoms with E-state index in [2.05, 4.69) is 41.2 Å². The molecule has 0 aliphatic heterocycles. The molecule has 0 bridgehead atoms. The molecule has 5 saturated carbocycles. The lowest BCUT2D eigenvalue weighted by molar-refractivity contribution is -0.247. The highest BCUT2D eigenvalue weighted by atomic mass is 32.2. The van der Waals surface area contributed by atoms with E-state index in [1.54, 1.807) is 11.8 Å². The number of rotatable bonds is 15. The number of fused-ring (bicyclic) bond motifs is 7. The van der Waals surface area contributed by atoms with Gasteiger partial charge in [-0.05, 0) is 135 Å². The molecule has 5 aliphatic rings. The van der Waals surface area contributed by atoms with Crippen LogP contribution in [0.3, 0.4) is 0 Å². The van der Waals surface area contributed by atoms with Crippen molar-refractivity contribution in [3.05, 3.63) is 12.2 Å². The minimum absolute atomic E-state index is 0.00143. The van der Waals surface area contributed by atoms with Crippen molar-refractivity contribution >= 4 is 29.5 Å². The molecule has 0 radical (unpaired) electrons. The Morgan fingerprint density at radius 1 is 0.843 bits per heavy atom. The van der Waals surface area contributed by atoms with Gasteiger partial charge in [0.1, 0.15) is 6.42 Å². The molecule has 0 heterocycles. The molecule has 0 spiro atoms. The van der Waals surface area contributed by atoms with Crippen LogP contribution in [0.2, 0.25) is 0 Å². The lowest BCUT2D eigenvalue weighted by atomic mass is 9.32. The van der Waals surface area contributed by atoms with Gasteiger partial charge in [0, 0.05) is 18.1 Å². The highest BCUT2D eigenvalue weighted by Gasteiger charge is 2.72. The van der Waals surface area contributed by atoms with Crippen LogP contribution in [0.5, 0.6) is 0 Å². The van der Waals surface area contributed by atoms with Gasteiger partial charge in [-0.1, -0.05) is 66.0 Å². The number of carboxylic acid groups (broad SMARTS) is 1. The number of aliphatic carboxylic acids is 1. The molecule has 1 unspecified atom stereocenters. The second-order valence-electron chi connectivity index (χ2n) is 18.8. The monoisotopic (exact) mass is 730 g/mol. The van der Waals surface area contributed by atoms with E-state index in [4.69, 9.17) is 5.73 Å². The minimum Gasteiger partial charge on any atom is -0.481 e. The summed E-state index contributed by atoms with van der Waals surface area (Å²) in [5.41, 5.74) is 6.23. The van der Waals surface area contributed by atoms with Crippen LogP contribution in [-0.2, 0) is 14.4 Å². The number of aliphatic hydroxyl groups is 2. The number of nitrogens with zero attached hydrogens (tertiary/aromatic N) is 1. The molecule has 0 saturated heterocycles. The van der Waals surface area contributed by atoms with Gasteiger partial charge in [0.25, 0.3) is 0 Å². The first kappa shape index (κ1) is 40.8. The number of thioether (sulfide) groups is 1. The Bertz CT molecular complexity index is 1310. The van der Waals surface area contributed by atoms with Crippen LogP contribution in [0.25, 0.3) is 0 Å². The summed E-state index contributed by atoms with van der Waals surface area (Å²) in [5.74, 6) is 0.979. The third kappa shape index (κ3) is 7.01.